The molecule has 0 N–H and O–H groups in total. The van der Waals surface area contributed by atoms with Crippen molar-refractivity contribution in [3.05, 3.63) is 12.2 Å². The van der Waals surface area contributed by atoms with Crippen LogP contribution in [0.25, 0.3) is 0 Å². The van der Waals surface area contributed by atoms with Crippen molar-refractivity contribution in [3.63, 3.8) is 0 Å². The van der Waals surface area contributed by atoms with E-state index in [-0.39, 0.29) is 10.8 Å². The molecule has 0 aromatic heterocycles. The molecule has 0 radical (unpaired) electrons. The quantitative estimate of drug-likeness (QED) is 0.400. The average molecular weight is 183 g/mol. The second kappa shape index (κ2) is 3.10. The van der Waals surface area contributed by atoms with Gasteiger partial charge in [0.25, 0.3) is 0 Å². The van der Waals surface area contributed by atoms with Crippen LogP contribution >= 0.6 is 23.2 Å². The van der Waals surface area contributed by atoms with Crippen LogP contribution in [0.3, 0.4) is 0 Å². The molecule has 0 nitrogen and oxygen atoms in total. The Bertz CT molecular complexity index is 133. The zero-order valence-electron chi connectivity index (χ0n) is 5.49. The van der Waals surface area contributed by atoms with Gasteiger partial charge < -0.3 is 0 Å². The summed E-state index contributed by atoms with van der Waals surface area (Å²) in [6.45, 7) is 3.68. The number of halogens is 3. The number of hydrogen-bond donors (Lipinski definition) is 0. The highest BCUT2D eigenvalue weighted by Gasteiger charge is 2.29. The van der Waals surface area contributed by atoms with Crippen LogP contribution in [0.5, 0.6) is 0 Å². The van der Waals surface area contributed by atoms with E-state index >= 15 is 0 Å². The van der Waals surface area contributed by atoms with Crippen LogP contribution in [-0.4, -0.2) is 16.9 Å². The molecular weight excluding hydrogens is 174 g/mol. The van der Waals surface area contributed by atoms with Gasteiger partial charge in [-0.05, 0) is 18.4 Å². The summed E-state index contributed by atoms with van der Waals surface area (Å²) < 4.78 is 12.6. The molecule has 1 aliphatic carbocycles. The third kappa shape index (κ3) is 1.64. The zero-order chi connectivity index (χ0) is 7.72. The number of alkyl halides is 3. The van der Waals surface area contributed by atoms with Crippen LogP contribution in [0.2, 0.25) is 0 Å². The van der Waals surface area contributed by atoms with E-state index < -0.39 is 6.17 Å². The normalized spacial score (nSPS) is 41.9. The Morgan fingerprint density at radius 2 is 1.70 bits per heavy atom. The molecule has 0 aromatic rings. The molecule has 3 heteroatoms. The monoisotopic (exact) mass is 182 g/mol. The minimum absolute atomic E-state index is 0.272. The Balaban J connectivity index is 2.57. The molecule has 0 spiro atoms. The van der Waals surface area contributed by atoms with Crippen LogP contribution in [-0.2, 0) is 0 Å². The summed E-state index contributed by atoms with van der Waals surface area (Å²) in [6, 6.07) is 0. The molecule has 0 aliphatic heterocycles. The van der Waals surface area contributed by atoms with Gasteiger partial charge in [-0.3, -0.25) is 0 Å². The lowest BCUT2D eigenvalue weighted by atomic mass is 9.94. The molecule has 1 aliphatic rings. The van der Waals surface area contributed by atoms with E-state index in [0.717, 1.165) is 5.57 Å². The smallest absolute Gasteiger partial charge is 0.104 e. The maximum absolute atomic E-state index is 12.6. The van der Waals surface area contributed by atoms with Crippen LogP contribution < -0.4 is 0 Å². The Kier molecular flexibility index (Phi) is 2.59. The topological polar surface area (TPSA) is 0 Å². The lowest BCUT2D eigenvalue weighted by Gasteiger charge is -2.26. The van der Waals surface area contributed by atoms with Gasteiger partial charge >= 0.3 is 0 Å². The third-order valence-corrected chi connectivity index (χ3v) is 2.65. The first kappa shape index (κ1) is 8.35. The highest BCUT2D eigenvalue weighted by atomic mass is 35.5. The predicted octanol–water partition coefficient (Wildman–Crippen LogP) is 2.89. The lowest BCUT2D eigenvalue weighted by Crippen LogP contribution is -2.26. The molecule has 1 rings (SSSR count). The number of hydrogen-bond acceptors (Lipinski definition) is 0. The average Bonchev–Trinajstić information content (AvgIpc) is 1.82. The molecule has 2 atom stereocenters. The summed E-state index contributed by atoms with van der Waals surface area (Å²) in [7, 11) is 0. The Morgan fingerprint density at radius 3 is 2.10 bits per heavy atom. The third-order valence-electron chi connectivity index (χ3n) is 1.73. The van der Waals surface area contributed by atoms with E-state index in [1.165, 1.54) is 0 Å². The Morgan fingerprint density at radius 1 is 1.30 bits per heavy atom. The standard InChI is InChI=1S/C7H9Cl2F/c1-4-6(8)2-5(10)3-7(4)9/h5-7H,1-3H2. The second-order valence-corrected chi connectivity index (χ2v) is 3.63. The lowest BCUT2D eigenvalue weighted by molar-refractivity contribution is 0.281. The maximum Gasteiger partial charge on any atom is 0.104 e. The molecule has 0 heterocycles. The van der Waals surface area contributed by atoms with Gasteiger partial charge in [-0.25, -0.2) is 4.39 Å². The van der Waals surface area contributed by atoms with Crippen molar-refractivity contribution in [2.75, 3.05) is 0 Å². The predicted molar refractivity (Wildman–Crippen MR) is 42.6 cm³/mol. The van der Waals surface area contributed by atoms with Crippen molar-refractivity contribution in [1.29, 1.82) is 0 Å². The van der Waals surface area contributed by atoms with Gasteiger partial charge in [-0.15, -0.1) is 23.2 Å². The summed E-state index contributed by atoms with van der Waals surface area (Å²) in [4.78, 5) is 0. The Hall–Kier alpha value is 0.250. The van der Waals surface area contributed by atoms with E-state index in [1.54, 1.807) is 0 Å². The van der Waals surface area contributed by atoms with E-state index in [9.17, 15) is 4.39 Å². The van der Waals surface area contributed by atoms with E-state index in [0.29, 0.717) is 12.8 Å². The fourth-order valence-corrected chi connectivity index (χ4v) is 1.80. The van der Waals surface area contributed by atoms with Gasteiger partial charge in [0.05, 0.1) is 10.8 Å². The zero-order valence-corrected chi connectivity index (χ0v) is 7.00. The van der Waals surface area contributed by atoms with Crippen molar-refractivity contribution >= 4 is 23.2 Å². The highest BCUT2D eigenvalue weighted by Crippen LogP contribution is 2.32. The van der Waals surface area contributed by atoms with Gasteiger partial charge in [0.15, 0.2) is 0 Å². The van der Waals surface area contributed by atoms with E-state index in [2.05, 4.69) is 6.58 Å². The number of rotatable bonds is 0. The molecular formula is C7H9Cl2F. The first-order valence-corrected chi connectivity index (χ1v) is 4.09. The largest absolute Gasteiger partial charge is 0.247 e. The van der Waals surface area contributed by atoms with E-state index in [4.69, 9.17) is 23.2 Å². The van der Waals surface area contributed by atoms with Crippen LogP contribution in [0.15, 0.2) is 12.2 Å². The summed E-state index contributed by atoms with van der Waals surface area (Å²) in [6.07, 6.45) is -0.122. The summed E-state index contributed by atoms with van der Waals surface area (Å²) in [5.41, 5.74) is 0.761. The summed E-state index contributed by atoms with van der Waals surface area (Å²) in [5, 5.41) is -0.544. The molecule has 0 saturated heterocycles. The molecule has 0 bridgehead atoms. The minimum atomic E-state index is -0.851. The fraction of sp³-hybridized carbons (Fsp3) is 0.714. The fourth-order valence-electron chi connectivity index (χ4n) is 1.04. The Labute approximate surface area is 70.0 Å². The molecule has 1 saturated carbocycles. The van der Waals surface area contributed by atoms with Gasteiger partial charge in [-0.1, -0.05) is 6.58 Å². The number of allylic oxidation sites excluding steroid dienone is 1. The van der Waals surface area contributed by atoms with Crippen molar-refractivity contribution in [1.82, 2.24) is 0 Å². The summed E-state index contributed by atoms with van der Waals surface area (Å²) >= 11 is 11.5. The molecule has 1 fully saturated rings. The van der Waals surface area contributed by atoms with Gasteiger partial charge in [-0.2, -0.15) is 0 Å². The maximum atomic E-state index is 12.6. The highest BCUT2D eigenvalue weighted by molar-refractivity contribution is 6.27. The van der Waals surface area contributed by atoms with Crippen molar-refractivity contribution < 1.29 is 4.39 Å². The van der Waals surface area contributed by atoms with Crippen molar-refractivity contribution in [2.45, 2.75) is 29.8 Å². The van der Waals surface area contributed by atoms with Crippen molar-refractivity contribution in [2.24, 2.45) is 0 Å². The molecule has 58 valence electrons. The van der Waals surface area contributed by atoms with Crippen LogP contribution in [0, 0.1) is 0 Å². The SMILES string of the molecule is C=C1C(Cl)CC(F)CC1Cl. The van der Waals surface area contributed by atoms with Crippen LogP contribution in [0.1, 0.15) is 12.8 Å². The minimum Gasteiger partial charge on any atom is -0.247 e. The van der Waals surface area contributed by atoms with Crippen molar-refractivity contribution in [3.8, 4) is 0 Å². The first-order valence-electron chi connectivity index (χ1n) is 3.22. The molecule has 0 aromatic carbocycles. The summed E-state index contributed by atoms with van der Waals surface area (Å²) in [5.74, 6) is 0. The molecule has 2 unspecified atom stereocenters. The molecule has 10 heavy (non-hydrogen) atoms. The van der Waals surface area contributed by atoms with E-state index in [1.807, 2.05) is 0 Å². The molecule has 0 amide bonds. The van der Waals surface area contributed by atoms with Crippen LogP contribution in [0.4, 0.5) is 4.39 Å². The van der Waals surface area contributed by atoms with Gasteiger partial charge in [0.2, 0.25) is 0 Å². The van der Waals surface area contributed by atoms with Gasteiger partial charge in [0.1, 0.15) is 6.17 Å². The second-order valence-electron chi connectivity index (χ2n) is 2.58. The first-order chi connectivity index (χ1) is 4.61. The van der Waals surface area contributed by atoms with Gasteiger partial charge in [0, 0.05) is 0 Å².